The number of nitrogens with two attached hydrogens (primary N) is 1. The minimum Gasteiger partial charge on any atom is -0.397 e. The fourth-order valence-electron chi connectivity index (χ4n) is 1.30. The standard InChI is InChI=1S/C9H8BrNOS/c10-7-3-5-1-2-13-9(5)8(11)6(7)4-12/h1-3,12H,4,11H2. The van der Waals surface area contributed by atoms with Gasteiger partial charge in [0, 0.05) is 10.0 Å². The van der Waals surface area contributed by atoms with Gasteiger partial charge >= 0.3 is 0 Å². The number of thiophene rings is 1. The molecule has 0 saturated carbocycles. The van der Waals surface area contributed by atoms with E-state index in [1.165, 1.54) is 0 Å². The maximum Gasteiger partial charge on any atom is 0.0713 e. The lowest BCUT2D eigenvalue weighted by atomic mass is 10.1. The second-order valence-corrected chi connectivity index (χ2v) is 4.52. The molecular formula is C9H8BrNOS. The zero-order chi connectivity index (χ0) is 9.42. The Hall–Kier alpha value is -0.580. The smallest absolute Gasteiger partial charge is 0.0713 e. The number of aliphatic hydroxyl groups excluding tert-OH is 1. The molecule has 2 nitrogen and oxygen atoms in total. The van der Waals surface area contributed by atoms with Crippen LogP contribution >= 0.6 is 27.3 Å². The summed E-state index contributed by atoms with van der Waals surface area (Å²) in [5.74, 6) is 0. The Labute approximate surface area is 88.1 Å². The van der Waals surface area contributed by atoms with Crippen LogP contribution < -0.4 is 5.73 Å². The van der Waals surface area contributed by atoms with Crippen molar-refractivity contribution in [3.8, 4) is 0 Å². The van der Waals surface area contributed by atoms with Crippen LogP contribution in [0.5, 0.6) is 0 Å². The van der Waals surface area contributed by atoms with E-state index in [4.69, 9.17) is 10.8 Å². The second-order valence-electron chi connectivity index (χ2n) is 2.75. The quantitative estimate of drug-likeness (QED) is 0.772. The minimum atomic E-state index is -0.0275. The number of halogens is 1. The summed E-state index contributed by atoms with van der Waals surface area (Å²) in [7, 11) is 0. The average molecular weight is 258 g/mol. The van der Waals surface area contributed by atoms with Gasteiger partial charge in [0.05, 0.1) is 17.0 Å². The lowest BCUT2D eigenvalue weighted by Crippen LogP contribution is -1.95. The molecule has 0 radical (unpaired) electrons. The Morgan fingerprint density at radius 1 is 1.54 bits per heavy atom. The Morgan fingerprint density at radius 2 is 2.31 bits per heavy atom. The maximum absolute atomic E-state index is 9.09. The Morgan fingerprint density at radius 3 is 3.00 bits per heavy atom. The Kier molecular flexibility index (Phi) is 2.27. The number of rotatable bonds is 1. The number of nitrogen functional groups attached to an aromatic ring is 1. The van der Waals surface area contributed by atoms with Crippen LogP contribution in [0.3, 0.4) is 0 Å². The first-order valence-electron chi connectivity index (χ1n) is 3.79. The van der Waals surface area contributed by atoms with Crippen LogP contribution in [-0.2, 0) is 6.61 Å². The number of benzene rings is 1. The minimum absolute atomic E-state index is 0.0275. The number of hydrogen-bond acceptors (Lipinski definition) is 3. The third-order valence-corrected chi connectivity index (χ3v) is 3.67. The molecule has 68 valence electrons. The van der Waals surface area contributed by atoms with Crippen LogP contribution in [0, 0.1) is 0 Å². The van der Waals surface area contributed by atoms with E-state index in [1.54, 1.807) is 11.3 Å². The lowest BCUT2D eigenvalue weighted by molar-refractivity contribution is 0.282. The van der Waals surface area contributed by atoms with Crippen molar-refractivity contribution in [3.63, 3.8) is 0 Å². The first-order chi connectivity index (χ1) is 6.24. The van der Waals surface area contributed by atoms with Crippen LogP contribution in [0.15, 0.2) is 22.0 Å². The summed E-state index contributed by atoms with van der Waals surface area (Å²) in [6.07, 6.45) is 0. The van der Waals surface area contributed by atoms with E-state index in [1.807, 2.05) is 17.5 Å². The molecule has 0 saturated heterocycles. The van der Waals surface area contributed by atoms with Gasteiger partial charge in [-0.05, 0) is 22.9 Å². The van der Waals surface area contributed by atoms with Crippen molar-refractivity contribution in [1.82, 2.24) is 0 Å². The highest BCUT2D eigenvalue weighted by Crippen LogP contribution is 2.34. The predicted octanol–water partition coefficient (Wildman–Crippen LogP) is 2.74. The third kappa shape index (κ3) is 1.35. The summed E-state index contributed by atoms with van der Waals surface area (Å²) in [5, 5.41) is 12.2. The Bertz CT molecular complexity index is 452. The average Bonchev–Trinajstić information content (AvgIpc) is 2.53. The van der Waals surface area contributed by atoms with E-state index >= 15 is 0 Å². The molecule has 2 rings (SSSR count). The highest BCUT2D eigenvalue weighted by atomic mass is 79.9. The van der Waals surface area contributed by atoms with E-state index in [9.17, 15) is 0 Å². The van der Waals surface area contributed by atoms with Crippen LogP contribution in [0.25, 0.3) is 10.1 Å². The molecule has 0 amide bonds. The molecule has 0 atom stereocenters. The molecule has 1 heterocycles. The Balaban J connectivity index is 2.85. The molecule has 0 unspecified atom stereocenters. The van der Waals surface area contributed by atoms with Crippen molar-refractivity contribution in [2.24, 2.45) is 0 Å². The highest BCUT2D eigenvalue weighted by molar-refractivity contribution is 9.10. The summed E-state index contributed by atoms with van der Waals surface area (Å²) in [4.78, 5) is 0. The summed E-state index contributed by atoms with van der Waals surface area (Å²) < 4.78 is 1.92. The molecule has 3 N–H and O–H groups in total. The molecule has 2 aromatic rings. The van der Waals surface area contributed by atoms with E-state index in [0.717, 1.165) is 20.1 Å². The van der Waals surface area contributed by atoms with E-state index in [-0.39, 0.29) is 6.61 Å². The van der Waals surface area contributed by atoms with Crippen molar-refractivity contribution >= 4 is 43.0 Å². The largest absolute Gasteiger partial charge is 0.397 e. The molecular weight excluding hydrogens is 250 g/mol. The van der Waals surface area contributed by atoms with Gasteiger partial charge in [0.25, 0.3) is 0 Å². The number of fused-ring (bicyclic) bond motifs is 1. The van der Waals surface area contributed by atoms with Crippen LogP contribution in [0.4, 0.5) is 5.69 Å². The van der Waals surface area contributed by atoms with Gasteiger partial charge in [-0.25, -0.2) is 0 Å². The molecule has 0 aliphatic rings. The van der Waals surface area contributed by atoms with Gasteiger partial charge in [-0.2, -0.15) is 0 Å². The second kappa shape index (κ2) is 3.29. The van der Waals surface area contributed by atoms with Gasteiger partial charge in [0.1, 0.15) is 0 Å². The van der Waals surface area contributed by atoms with Crippen molar-refractivity contribution in [2.45, 2.75) is 6.61 Å². The fraction of sp³-hybridized carbons (Fsp3) is 0.111. The fourth-order valence-corrected chi connectivity index (χ4v) is 2.75. The third-order valence-electron chi connectivity index (χ3n) is 1.99. The lowest BCUT2D eigenvalue weighted by Gasteiger charge is -2.06. The number of anilines is 1. The first kappa shape index (κ1) is 8.99. The molecule has 0 spiro atoms. The van der Waals surface area contributed by atoms with Gasteiger partial charge in [-0.1, -0.05) is 15.9 Å². The number of hydrogen-bond donors (Lipinski definition) is 2. The normalized spacial score (nSPS) is 10.9. The van der Waals surface area contributed by atoms with Gasteiger partial charge in [-0.3, -0.25) is 0 Å². The van der Waals surface area contributed by atoms with Gasteiger partial charge in [0.2, 0.25) is 0 Å². The van der Waals surface area contributed by atoms with Crippen LogP contribution in [0.2, 0.25) is 0 Å². The van der Waals surface area contributed by atoms with Crippen LogP contribution in [-0.4, -0.2) is 5.11 Å². The summed E-state index contributed by atoms with van der Waals surface area (Å²) >= 11 is 4.97. The molecule has 4 heteroatoms. The molecule has 0 aliphatic heterocycles. The molecule has 13 heavy (non-hydrogen) atoms. The maximum atomic E-state index is 9.09. The van der Waals surface area contributed by atoms with Gasteiger partial charge in [-0.15, -0.1) is 11.3 Å². The van der Waals surface area contributed by atoms with Crippen molar-refractivity contribution in [3.05, 3.63) is 27.5 Å². The zero-order valence-corrected chi connectivity index (χ0v) is 9.15. The van der Waals surface area contributed by atoms with E-state index in [2.05, 4.69) is 15.9 Å². The molecule has 1 aromatic carbocycles. The van der Waals surface area contributed by atoms with E-state index < -0.39 is 0 Å². The van der Waals surface area contributed by atoms with Gasteiger partial charge in [0.15, 0.2) is 0 Å². The monoisotopic (exact) mass is 257 g/mol. The van der Waals surface area contributed by atoms with Crippen molar-refractivity contribution in [1.29, 1.82) is 0 Å². The topological polar surface area (TPSA) is 46.2 Å². The molecule has 1 aromatic heterocycles. The SMILES string of the molecule is Nc1c(CO)c(Br)cc2ccsc12. The summed E-state index contributed by atoms with van der Waals surface area (Å²) in [5.41, 5.74) is 7.35. The summed E-state index contributed by atoms with van der Waals surface area (Å²) in [6.45, 7) is -0.0275. The predicted molar refractivity (Wildman–Crippen MR) is 59.9 cm³/mol. The van der Waals surface area contributed by atoms with Gasteiger partial charge < -0.3 is 10.8 Å². The zero-order valence-electron chi connectivity index (χ0n) is 6.75. The molecule has 0 fully saturated rings. The van der Waals surface area contributed by atoms with Crippen LogP contribution in [0.1, 0.15) is 5.56 Å². The highest BCUT2D eigenvalue weighted by Gasteiger charge is 2.08. The molecule has 0 aliphatic carbocycles. The number of aliphatic hydroxyl groups is 1. The first-order valence-corrected chi connectivity index (χ1v) is 5.46. The van der Waals surface area contributed by atoms with Crippen molar-refractivity contribution < 1.29 is 5.11 Å². The summed E-state index contributed by atoms with van der Waals surface area (Å²) in [6, 6.07) is 4.00. The molecule has 0 bridgehead atoms. The van der Waals surface area contributed by atoms with Crippen molar-refractivity contribution in [2.75, 3.05) is 5.73 Å². The van der Waals surface area contributed by atoms with E-state index in [0.29, 0.717) is 5.69 Å².